The molecule has 0 radical (unpaired) electrons. The average Bonchev–Trinajstić information content (AvgIpc) is 2.19. The zero-order valence-electron chi connectivity index (χ0n) is 9.00. The minimum absolute atomic E-state index is 0.148. The molecule has 1 aromatic carbocycles. The molecule has 3 heteroatoms. The Balaban J connectivity index is 2.41. The van der Waals surface area contributed by atoms with Crippen LogP contribution in [0.4, 0.5) is 0 Å². The summed E-state index contributed by atoms with van der Waals surface area (Å²) in [5.74, 6) is 0.246. The summed E-state index contributed by atoms with van der Waals surface area (Å²) in [6, 6.07) is 7.90. The minimum Gasteiger partial charge on any atom is -0.465 e. The number of ether oxygens (including phenoxy) is 1. The van der Waals surface area contributed by atoms with E-state index in [0.29, 0.717) is 18.9 Å². The van der Waals surface area contributed by atoms with Crippen LogP contribution in [0.5, 0.6) is 0 Å². The summed E-state index contributed by atoms with van der Waals surface area (Å²) in [6.45, 7) is 4.56. The molecule has 1 rings (SSSR count). The van der Waals surface area contributed by atoms with Gasteiger partial charge in [0.1, 0.15) is 0 Å². The molecular formula is C12H15IO2. The fourth-order valence-corrected chi connectivity index (χ4v) is 1.44. The van der Waals surface area contributed by atoms with Crippen LogP contribution in [0.3, 0.4) is 0 Å². The number of esters is 1. The Hall–Kier alpha value is -0.580. The number of carbonyl (C=O) groups is 1. The van der Waals surface area contributed by atoms with E-state index in [4.69, 9.17) is 4.74 Å². The first kappa shape index (κ1) is 12.5. The fourth-order valence-electron chi connectivity index (χ4n) is 1.08. The van der Waals surface area contributed by atoms with E-state index in [9.17, 15) is 4.79 Å². The van der Waals surface area contributed by atoms with Crippen molar-refractivity contribution < 1.29 is 9.53 Å². The molecule has 0 unspecified atom stereocenters. The van der Waals surface area contributed by atoms with E-state index in [1.807, 2.05) is 38.1 Å². The van der Waals surface area contributed by atoms with Crippen LogP contribution in [-0.2, 0) is 16.0 Å². The molecule has 0 bridgehead atoms. The molecule has 0 aliphatic carbocycles. The predicted octanol–water partition coefficient (Wildman–Crippen LogP) is 3.03. The van der Waals surface area contributed by atoms with Crippen molar-refractivity contribution in [3.63, 3.8) is 0 Å². The molecule has 0 saturated carbocycles. The first-order valence-electron chi connectivity index (χ1n) is 4.98. The van der Waals surface area contributed by atoms with Gasteiger partial charge in [-0.05, 0) is 46.2 Å². The highest BCUT2D eigenvalue weighted by Crippen LogP contribution is 2.08. The largest absolute Gasteiger partial charge is 0.465 e. The van der Waals surface area contributed by atoms with Gasteiger partial charge in [0, 0.05) is 3.57 Å². The Morgan fingerprint density at radius 1 is 1.33 bits per heavy atom. The second-order valence-electron chi connectivity index (χ2n) is 3.88. The van der Waals surface area contributed by atoms with Gasteiger partial charge in [0.25, 0.3) is 0 Å². The van der Waals surface area contributed by atoms with Gasteiger partial charge in [-0.3, -0.25) is 4.79 Å². The van der Waals surface area contributed by atoms with E-state index in [1.54, 1.807) is 0 Å². The molecule has 0 fully saturated rings. The molecule has 82 valence electrons. The number of hydrogen-bond acceptors (Lipinski definition) is 2. The number of halogens is 1. The number of carbonyl (C=O) groups excluding carboxylic acids is 1. The smallest absolute Gasteiger partial charge is 0.310 e. The topological polar surface area (TPSA) is 26.3 Å². The molecule has 0 aromatic heterocycles. The van der Waals surface area contributed by atoms with Gasteiger partial charge >= 0.3 is 5.97 Å². The molecule has 2 nitrogen and oxygen atoms in total. The highest BCUT2D eigenvalue weighted by atomic mass is 127. The molecule has 1 aromatic rings. The van der Waals surface area contributed by atoms with E-state index >= 15 is 0 Å². The summed E-state index contributed by atoms with van der Waals surface area (Å²) in [5, 5.41) is 0. The summed E-state index contributed by atoms with van der Waals surface area (Å²) in [6.07, 6.45) is 0.365. The number of rotatable bonds is 4. The van der Waals surface area contributed by atoms with Gasteiger partial charge in [-0.25, -0.2) is 0 Å². The molecule has 0 saturated heterocycles. The van der Waals surface area contributed by atoms with Gasteiger partial charge in [-0.1, -0.05) is 26.0 Å². The molecule has 0 heterocycles. The SMILES string of the molecule is CC(C)COC(=O)Cc1ccc(I)cc1. The maximum absolute atomic E-state index is 11.4. The first-order chi connectivity index (χ1) is 7.08. The van der Waals surface area contributed by atoms with Crippen molar-refractivity contribution in [3.05, 3.63) is 33.4 Å². The quantitative estimate of drug-likeness (QED) is 0.630. The van der Waals surface area contributed by atoms with E-state index in [-0.39, 0.29) is 5.97 Å². The van der Waals surface area contributed by atoms with Crippen LogP contribution in [0.15, 0.2) is 24.3 Å². The minimum atomic E-state index is -0.148. The second-order valence-corrected chi connectivity index (χ2v) is 5.13. The lowest BCUT2D eigenvalue weighted by Crippen LogP contribution is -2.12. The Kier molecular flexibility index (Phi) is 5.08. The normalized spacial score (nSPS) is 10.4. The van der Waals surface area contributed by atoms with E-state index in [1.165, 1.54) is 3.57 Å². The third-order valence-electron chi connectivity index (χ3n) is 1.84. The van der Waals surface area contributed by atoms with Crippen LogP contribution in [-0.4, -0.2) is 12.6 Å². The number of benzene rings is 1. The molecule has 0 spiro atoms. The Labute approximate surface area is 104 Å². The van der Waals surface area contributed by atoms with E-state index < -0.39 is 0 Å². The Morgan fingerprint density at radius 2 is 1.93 bits per heavy atom. The van der Waals surface area contributed by atoms with Gasteiger partial charge in [0.2, 0.25) is 0 Å². The molecular weight excluding hydrogens is 303 g/mol. The Morgan fingerprint density at radius 3 is 2.47 bits per heavy atom. The van der Waals surface area contributed by atoms with Crippen molar-refractivity contribution >= 4 is 28.6 Å². The zero-order valence-corrected chi connectivity index (χ0v) is 11.2. The summed E-state index contributed by atoms with van der Waals surface area (Å²) in [5.41, 5.74) is 1.00. The zero-order chi connectivity index (χ0) is 11.3. The van der Waals surface area contributed by atoms with Crippen LogP contribution < -0.4 is 0 Å². The van der Waals surface area contributed by atoms with Crippen molar-refractivity contribution in [2.24, 2.45) is 5.92 Å². The van der Waals surface area contributed by atoms with Crippen LogP contribution in [0.25, 0.3) is 0 Å². The second kappa shape index (κ2) is 6.10. The number of hydrogen-bond donors (Lipinski definition) is 0. The van der Waals surface area contributed by atoms with Crippen molar-refractivity contribution in [2.45, 2.75) is 20.3 Å². The van der Waals surface area contributed by atoms with Gasteiger partial charge in [0.05, 0.1) is 13.0 Å². The van der Waals surface area contributed by atoms with Crippen LogP contribution in [0.2, 0.25) is 0 Å². The predicted molar refractivity (Wildman–Crippen MR) is 68.7 cm³/mol. The molecule has 0 amide bonds. The van der Waals surface area contributed by atoms with Crippen molar-refractivity contribution in [2.75, 3.05) is 6.61 Å². The van der Waals surface area contributed by atoms with Crippen LogP contribution in [0, 0.1) is 9.49 Å². The Bertz CT molecular complexity index is 317. The molecule has 0 aliphatic rings. The lowest BCUT2D eigenvalue weighted by Gasteiger charge is -2.06. The van der Waals surface area contributed by atoms with E-state index in [0.717, 1.165) is 5.56 Å². The third kappa shape index (κ3) is 5.16. The van der Waals surface area contributed by atoms with Crippen molar-refractivity contribution in [1.82, 2.24) is 0 Å². The third-order valence-corrected chi connectivity index (χ3v) is 2.56. The standard InChI is InChI=1S/C12H15IO2/c1-9(2)8-15-12(14)7-10-3-5-11(13)6-4-10/h3-6,9H,7-8H2,1-2H3. The fraction of sp³-hybridized carbons (Fsp3) is 0.417. The lowest BCUT2D eigenvalue weighted by molar-refractivity contribution is -0.143. The van der Waals surface area contributed by atoms with Crippen LogP contribution >= 0.6 is 22.6 Å². The van der Waals surface area contributed by atoms with Gasteiger partial charge in [-0.15, -0.1) is 0 Å². The van der Waals surface area contributed by atoms with Crippen molar-refractivity contribution in [3.8, 4) is 0 Å². The van der Waals surface area contributed by atoms with Crippen LogP contribution in [0.1, 0.15) is 19.4 Å². The average molecular weight is 318 g/mol. The lowest BCUT2D eigenvalue weighted by atomic mass is 10.1. The van der Waals surface area contributed by atoms with E-state index in [2.05, 4.69) is 22.6 Å². The van der Waals surface area contributed by atoms with Gasteiger partial charge in [0.15, 0.2) is 0 Å². The highest BCUT2D eigenvalue weighted by molar-refractivity contribution is 14.1. The maximum Gasteiger partial charge on any atom is 0.310 e. The molecule has 0 atom stereocenters. The first-order valence-corrected chi connectivity index (χ1v) is 6.06. The molecule has 0 aliphatic heterocycles. The highest BCUT2D eigenvalue weighted by Gasteiger charge is 2.05. The van der Waals surface area contributed by atoms with Gasteiger partial charge in [-0.2, -0.15) is 0 Å². The maximum atomic E-state index is 11.4. The summed E-state index contributed by atoms with van der Waals surface area (Å²) in [4.78, 5) is 11.4. The summed E-state index contributed by atoms with van der Waals surface area (Å²) < 4.78 is 6.27. The summed E-state index contributed by atoms with van der Waals surface area (Å²) in [7, 11) is 0. The van der Waals surface area contributed by atoms with Gasteiger partial charge < -0.3 is 4.74 Å². The van der Waals surface area contributed by atoms with Crippen molar-refractivity contribution in [1.29, 1.82) is 0 Å². The molecule has 15 heavy (non-hydrogen) atoms. The summed E-state index contributed by atoms with van der Waals surface area (Å²) >= 11 is 2.24. The monoisotopic (exact) mass is 318 g/mol. The molecule has 0 N–H and O–H groups in total.